The highest BCUT2D eigenvalue weighted by atomic mass is 32.2. The highest BCUT2D eigenvalue weighted by Gasteiger charge is 2.50. The third-order valence-electron chi connectivity index (χ3n) is 4.45. The molecule has 28 heavy (non-hydrogen) atoms. The van der Waals surface area contributed by atoms with Crippen LogP contribution in [0, 0.1) is 0 Å². The summed E-state index contributed by atoms with van der Waals surface area (Å²) in [6.07, 6.45) is -3.90. The molecule has 0 saturated carbocycles. The summed E-state index contributed by atoms with van der Waals surface area (Å²) in [4.78, 5) is 11.8. The lowest BCUT2D eigenvalue weighted by Gasteiger charge is -2.41. The molecule has 0 radical (unpaired) electrons. The van der Waals surface area contributed by atoms with Gasteiger partial charge in [-0.25, -0.2) is 4.18 Å². The van der Waals surface area contributed by atoms with E-state index in [1.54, 1.807) is 36.4 Å². The highest BCUT2D eigenvalue weighted by molar-refractivity contribution is 7.86. The van der Waals surface area contributed by atoms with E-state index in [0.29, 0.717) is 17.4 Å². The summed E-state index contributed by atoms with van der Waals surface area (Å²) < 4.78 is 68.5. The molecule has 0 fully saturated rings. The zero-order valence-corrected chi connectivity index (χ0v) is 15.7. The molecular formula is C18H17F3N2O4S. The van der Waals surface area contributed by atoms with E-state index in [1.165, 1.54) is 6.07 Å². The first kappa shape index (κ1) is 20.3. The molecule has 4 rings (SSSR count). The molecule has 2 aliphatic carbocycles. The van der Waals surface area contributed by atoms with Crippen molar-refractivity contribution in [1.82, 2.24) is 5.32 Å². The molecule has 2 bridgehead atoms. The smallest absolute Gasteiger partial charge is 0.366 e. The molecule has 0 saturated heterocycles. The standard InChI is InChI=1S/C18H17F3N2O4S/c1-17(16(22)24,27-28(2,25)26)23-15-12-9-8-11(10-6-4-3-5-7-10)13(15)14(12)18(19,20)21/h3-9,15,23H,1-2H3,(H2,22,24)/t15-,17-/m0/s1. The molecule has 2 atom stereocenters. The second-order valence-electron chi connectivity index (χ2n) is 6.62. The van der Waals surface area contributed by atoms with Gasteiger partial charge in [-0.2, -0.15) is 21.6 Å². The Labute approximate surface area is 159 Å². The van der Waals surface area contributed by atoms with Crippen molar-refractivity contribution < 1.29 is 30.6 Å². The zero-order chi connectivity index (χ0) is 20.9. The van der Waals surface area contributed by atoms with Crippen LogP contribution in [0.25, 0.3) is 11.1 Å². The van der Waals surface area contributed by atoms with E-state index in [4.69, 9.17) is 9.92 Å². The molecule has 150 valence electrons. The third-order valence-corrected chi connectivity index (χ3v) is 5.09. The molecule has 0 aromatic heterocycles. The van der Waals surface area contributed by atoms with Crippen LogP contribution in [0.2, 0.25) is 0 Å². The number of carbonyl (C=O) groups excluding carboxylic acids is 1. The quantitative estimate of drug-likeness (QED) is 0.559. The van der Waals surface area contributed by atoms with Crippen LogP contribution in [-0.4, -0.2) is 26.3 Å². The van der Waals surface area contributed by atoms with Crippen LogP contribution in [0.4, 0.5) is 13.2 Å². The minimum Gasteiger partial charge on any atom is -0.366 e. The lowest BCUT2D eigenvalue weighted by Crippen LogP contribution is -2.58. The summed E-state index contributed by atoms with van der Waals surface area (Å²) in [6.45, 7) is 1.06. The van der Waals surface area contributed by atoms with Crippen LogP contribution in [0.5, 0.6) is 0 Å². The summed E-state index contributed by atoms with van der Waals surface area (Å²) in [6, 6.07) is 10.2. The number of alkyl halides is 3. The first-order chi connectivity index (χ1) is 12.8. The predicted octanol–water partition coefficient (Wildman–Crippen LogP) is 2.54. The van der Waals surface area contributed by atoms with Gasteiger partial charge in [-0.1, -0.05) is 42.5 Å². The van der Waals surface area contributed by atoms with E-state index in [-0.39, 0.29) is 11.1 Å². The van der Waals surface area contributed by atoms with Gasteiger partial charge in [0.15, 0.2) is 0 Å². The lowest BCUT2D eigenvalue weighted by atomic mass is 9.74. The number of benzene rings is 2. The van der Waals surface area contributed by atoms with Crippen molar-refractivity contribution in [1.29, 1.82) is 0 Å². The third kappa shape index (κ3) is 3.62. The largest absolute Gasteiger partial charge is 0.417 e. The number of nitrogens with one attached hydrogen (secondary N) is 1. The first-order valence-corrected chi connectivity index (χ1v) is 9.93. The monoisotopic (exact) mass is 414 g/mol. The summed E-state index contributed by atoms with van der Waals surface area (Å²) >= 11 is 0. The van der Waals surface area contributed by atoms with Crippen LogP contribution in [0.1, 0.15) is 29.7 Å². The average molecular weight is 414 g/mol. The van der Waals surface area contributed by atoms with E-state index in [2.05, 4.69) is 5.32 Å². The van der Waals surface area contributed by atoms with Crippen molar-refractivity contribution in [3.8, 4) is 11.1 Å². The van der Waals surface area contributed by atoms with Crippen molar-refractivity contribution in [2.24, 2.45) is 5.73 Å². The first-order valence-electron chi connectivity index (χ1n) is 8.11. The number of halogens is 3. The van der Waals surface area contributed by atoms with E-state index >= 15 is 0 Å². The van der Waals surface area contributed by atoms with E-state index in [9.17, 15) is 26.4 Å². The Hall–Kier alpha value is -2.43. The van der Waals surface area contributed by atoms with Gasteiger partial charge in [-0.15, -0.1) is 0 Å². The van der Waals surface area contributed by atoms with Crippen molar-refractivity contribution >= 4 is 16.0 Å². The number of hydrogen-bond donors (Lipinski definition) is 2. The fraction of sp³-hybridized carbons (Fsp3) is 0.278. The van der Waals surface area contributed by atoms with Gasteiger partial charge in [0.1, 0.15) is 0 Å². The fourth-order valence-corrected chi connectivity index (χ4v) is 4.04. The van der Waals surface area contributed by atoms with Crippen molar-refractivity contribution in [2.75, 3.05) is 6.26 Å². The van der Waals surface area contributed by atoms with E-state index in [0.717, 1.165) is 6.92 Å². The molecule has 0 heterocycles. The maximum atomic E-state index is 13.6. The molecule has 10 heteroatoms. The summed E-state index contributed by atoms with van der Waals surface area (Å²) in [5.41, 5.74) is 2.86. The normalized spacial score (nSPS) is 18.2. The topological polar surface area (TPSA) is 98.5 Å². The Balaban J connectivity index is 2.09. The lowest BCUT2D eigenvalue weighted by molar-refractivity contribution is -0.143. The maximum Gasteiger partial charge on any atom is 0.417 e. The second-order valence-corrected chi connectivity index (χ2v) is 8.19. The number of primary amides is 1. The number of amides is 1. The van der Waals surface area contributed by atoms with Crippen molar-refractivity contribution in [2.45, 2.75) is 24.9 Å². The predicted molar refractivity (Wildman–Crippen MR) is 95.4 cm³/mol. The summed E-state index contributed by atoms with van der Waals surface area (Å²) in [5, 5.41) is 2.55. The van der Waals surface area contributed by atoms with Gasteiger partial charge in [0, 0.05) is 0 Å². The molecule has 6 nitrogen and oxygen atoms in total. The van der Waals surface area contributed by atoms with Gasteiger partial charge in [-0.05, 0) is 29.2 Å². The maximum absolute atomic E-state index is 13.6. The fourth-order valence-electron chi connectivity index (χ4n) is 3.30. The number of nitrogens with two attached hydrogens (primary N) is 1. The number of rotatable bonds is 6. The van der Waals surface area contributed by atoms with Crippen LogP contribution < -0.4 is 11.1 Å². The molecule has 2 aromatic rings. The van der Waals surface area contributed by atoms with E-state index in [1.807, 2.05) is 0 Å². The van der Waals surface area contributed by atoms with Crippen LogP contribution >= 0.6 is 0 Å². The van der Waals surface area contributed by atoms with Gasteiger partial charge in [0.25, 0.3) is 16.0 Å². The van der Waals surface area contributed by atoms with Gasteiger partial charge in [0.05, 0.1) is 17.9 Å². The Bertz CT molecular complexity index is 1040. The SMILES string of the molecule is C[C@](N[C@H]1c2ccc(-c3ccccc3)c1c2C(F)(F)F)(OS(C)(=O)=O)C(N)=O. The molecule has 0 unspecified atom stereocenters. The summed E-state index contributed by atoms with van der Waals surface area (Å²) in [5.74, 6) is -1.18. The number of hydrogen-bond acceptors (Lipinski definition) is 5. The number of fused-ring (bicyclic) bond motifs is 2. The minimum atomic E-state index is -4.62. The molecule has 1 amide bonds. The Morgan fingerprint density at radius 2 is 1.75 bits per heavy atom. The highest BCUT2D eigenvalue weighted by Crippen LogP contribution is 2.52. The minimum absolute atomic E-state index is 0.0965. The van der Waals surface area contributed by atoms with Crippen LogP contribution in [0.15, 0.2) is 42.5 Å². The van der Waals surface area contributed by atoms with Gasteiger partial charge in [-0.3, -0.25) is 10.1 Å². The van der Waals surface area contributed by atoms with Gasteiger partial charge < -0.3 is 5.73 Å². The van der Waals surface area contributed by atoms with Crippen LogP contribution in [0.3, 0.4) is 0 Å². The van der Waals surface area contributed by atoms with Crippen molar-refractivity contribution in [3.05, 3.63) is 59.2 Å². The molecule has 0 aliphatic heterocycles. The molecule has 2 aromatic carbocycles. The zero-order valence-electron chi connectivity index (χ0n) is 14.9. The molecule has 3 N–H and O–H groups in total. The van der Waals surface area contributed by atoms with Gasteiger partial charge in [0.2, 0.25) is 5.72 Å². The average Bonchev–Trinajstić information content (AvgIpc) is 2.57. The summed E-state index contributed by atoms with van der Waals surface area (Å²) in [7, 11) is -4.12. The molecular weight excluding hydrogens is 397 g/mol. The van der Waals surface area contributed by atoms with Crippen molar-refractivity contribution in [3.63, 3.8) is 0 Å². The second kappa shape index (κ2) is 6.57. The number of carbonyl (C=O) groups is 1. The van der Waals surface area contributed by atoms with E-state index < -0.39 is 39.5 Å². The van der Waals surface area contributed by atoms with Crippen LogP contribution in [-0.2, 0) is 25.3 Å². The Morgan fingerprint density at radius 3 is 2.25 bits per heavy atom. The Kier molecular flexibility index (Phi) is 4.77. The molecule has 0 spiro atoms. The Morgan fingerprint density at radius 1 is 1.14 bits per heavy atom. The molecule has 2 aliphatic rings. The van der Waals surface area contributed by atoms with Gasteiger partial charge >= 0.3 is 6.18 Å².